The Hall–Kier alpha value is -0.650. The summed E-state index contributed by atoms with van der Waals surface area (Å²) in [6.07, 6.45) is 6.74. The first-order valence-electron chi connectivity index (χ1n) is 12.3. The van der Waals surface area contributed by atoms with E-state index in [9.17, 15) is 20.1 Å². The lowest BCUT2D eigenvalue weighted by atomic mass is 9.41. The number of primary amides is 1. The summed E-state index contributed by atoms with van der Waals surface area (Å²) in [5.41, 5.74) is 4.51. The van der Waals surface area contributed by atoms with Gasteiger partial charge in [-0.3, -0.25) is 4.79 Å². The molecule has 0 radical (unpaired) electrons. The van der Waals surface area contributed by atoms with Gasteiger partial charge < -0.3 is 21.1 Å². The van der Waals surface area contributed by atoms with Crippen molar-refractivity contribution in [3.63, 3.8) is 0 Å². The molecule has 5 heteroatoms. The van der Waals surface area contributed by atoms with Gasteiger partial charge in [-0.25, -0.2) is 0 Å². The molecule has 0 saturated heterocycles. The lowest BCUT2D eigenvalue weighted by molar-refractivity contribution is -0.237. The fraction of sp³-hybridized carbons (Fsp3) is 0.960. The topological polar surface area (TPSA) is 104 Å². The standard InChI is InChI=1S/C25H43NO4/c1-14(5-8-21(26)29)17-6-7-18-22-19(12-20(28)25(17,18)4)23(2)10-9-16(27)11-15(23)13-24(22,3)30/h14-20,22,27-28,30H,5-13H2,1-4H3,(H2,26,29)/t14?,15-,16+,17?,18-,19-,20-,22-,23-,24-,25+/m0/s1. The van der Waals surface area contributed by atoms with Gasteiger partial charge in [-0.05, 0) is 105 Å². The third-order valence-electron chi connectivity index (χ3n) is 10.7. The minimum atomic E-state index is -0.761. The van der Waals surface area contributed by atoms with E-state index in [4.69, 9.17) is 5.73 Å². The largest absolute Gasteiger partial charge is 0.393 e. The van der Waals surface area contributed by atoms with Crippen LogP contribution < -0.4 is 5.73 Å². The number of hydrogen-bond donors (Lipinski definition) is 4. The molecule has 4 fully saturated rings. The first-order chi connectivity index (χ1) is 13.9. The molecule has 0 heterocycles. The maximum Gasteiger partial charge on any atom is 0.217 e. The van der Waals surface area contributed by atoms with Crippen molar-refractivity contribution in [2.75, 3.05) is 0 Å². The van der Waals surface area contributed by atoms with Crippen molar-refractivity contribution in [2.24, 2.45) is 52.1 Å². The average Bonchev–Trinajstić information content (AvgIpc) is 3.00. The summed E-state index contributed by atoms with van der Waals surface area (Å²) in [7, 11) is 0. The predicted octanol–water partition coefficient (Wildman–Crippen LogP) is 3.24. The van der Waals surface area contributed by atoms with Crippen LogP contribution in [0.1, 0.15) is 85.5 Å². The second-order valence-corrected chi connectivity index (χ2v) is 12.2. The molecule has 4 rings (SSSR count). The van der Waals surface area contributed by atoms with E-state index in [0.717, 1.165) is 51.4 Å². The third kappa shape index (κ3) is 3.26. The number of nitrogens with two attached hydrogens (primary N) is 1. The van der Waals surface area contributed by atoms with Crippen LogP contribution in [0.5, 0.6) is 0 Å². The molecule has 1 amide bonds. The van der Waals surface area contributed by atoms with Crippen molar-refractivity contribution in [1.82, 2.24) is 0 Å². The van der Waals surface area contributed by atoms with Crippen molar-refractivity contribution in [2.45, 2.75) is 103 Å². The first-order valence-corrected chi connectivity index (χ1v) is 12.3. The smallest absolute Gasteiger partial charge is 0.217 e. The summed E-state index contributed by atoms with van der Waals surface area (Å²) in [6, 6.07) is 0. The zero-order chi connectivity index (χ0) is 22.1. The highest BCUT2D eigenvalue weighted by atomic mass is 16.3. The third-order valence-corrected chi connectivity index (χ3v) is 10.7. The maximum absolute atomic E-state index is 11.7. The van der Waals surface area contributed by atoms with Gasteiger partial charge in [-0.1, -0.05) is 20.8 Å². The maximum atomic E-state index is 11.7. The van der Waals surface area contributed by atoms with Gasteiger partial charge in [0.15, 0.2) is 0 Å². The first kappa shape index (κ1) is 22.5. The molecular formula is C25H43NO4. The highest BCUT2D eigenvalue weighted by Gasteiger charge is 2.68. The molecule has 4 aliphatic carbocycles. The van der Waals surface area contributed by atoms with E-state index in [-0.39, 0.29) is 34.9 Å². The average molecular weight is 422 g/mol. The van der Waals surface area contributed by atoms with Crippen LogP contribution in [-0.4, -0.2) is 39.0 Å². The Kier molecular flexibility index (Phi) is 5.60. The number of aliphatic hydroxyl groups excluding tert-OH is 2. The van der Waals surface area contributed by atoms with Gasteiger partial charge in [0.1, 0.15) is 0 Å². The van der Waals surface area contributed by atoms with Gasteiger partial charge in [0, 0.05) is 6.42 Å². The zero-order valence-corrected chi connectivity index (χ0v) is 19.3. The van der Waals surface area contributed by atoms with Crippen molar-refractivity contribution in [3.8, 4) is 0 Å². The van der Waals surface area contributed by atoms with Crippen LogP contribution in [0, 0.1) is 46.3 Å². The molecule has 5 nitrogen and oxygen atoms in total. The Morgan fingerprint density at radius 3 is 2.47 bits per heavy atom. The van der Waals surface area contributed by atoms with Gasteiger partial charge >= 0.3 is 0 Å². The van der Waals surface area contributed by atoms with E-state index < -0.39 is 5.60 Å². The van der Waals surface area contributed by atoms with E-state index in [2.05, 4.69) is 20.8 Å². The summed E-state index contributed by atoms with van der Waals surface area (Å²) in [6.45, 7) is 8.85. The molecule has 0 aromatic rings. The lowest BCUT2D eigenvalue weighted by Crippen LogP contribution is -2.65. The molecule has 0 bridgehead atoms. The fourth-order valence-electron chi connectivity index (χ4n) is 9.09. The molecule has 4 saturated carbocycles. The molecule has 30 heavy (non-hydrogen) atoms. The number of carbonyl (C=O) groups is 1. The minimum absolute atomic E-state index is 0.0874. The van der Waals surface area contributed by atoms with Crippen LogP contribution in [0.4, 0.5) is 0 Å². The molecule has 172 valence electrons. The SMILES string of the molecule is CC(CCC(N)=O)C1CC[C@H]2[C@H]3[C@H](C[C@H](O)[C@]12C)[C@@]1(C)CC[C@@H](O)C[C@H]1C[C@]3(C)O. The Bertz CT molecular complexity index is 680. The zero-order valence-electron chi connectivity index (χ0n) is 19.3. The molecule has 0 aliphatic heterocycles. The number of aliphatic hydroxyl groups is 3. The van der Waals surface area contributed by atoms with Gasteiger partial charge in [0.25, 0.3) is 0 Å². The Morgan fingerprint density at radius 2 is 1.80 bits per heavy atom. The summed E-state index contributed by atoms with van der Waals surface area (Å²) in [4.78, 5) is 11.3. The van der Waals surface area contributed by atoms with E-state index in [0.29, 0.717) is 36.0 Å². The molecule has 0 aromatic carbocycles. The molecule has 0 spiro atoms. The number of fused-ring (bicyclic) bond motifs is 5. The van der Waals surface area contributed by atoms with E-state index >= 15 is 0 Å². The second kappa shape index (κ2) is 7.45. The van der Waals surface area contributed by atoms with E-state index in [1.54, 1.807) is 0 Å². The van der Waals surface area contributed by atoms with Crippen LogP contribution in [0.15, 0.2) is 0 Å². The molecule has 11 atom stereocenters. The molecular weight excluding hydrogens is 378 g/mol. The van der Waals surface area contributed by atoms with Gasteiger partial charge in [-0.2, -0.15) is 0 Å². The van der Waals surface area contributed by atoms with E-state index in [1.807, 2.05) is 6.92 Å². The fourth-order valence-corrected chi connectivity index (χ4v) is 9.09. The van der Waals surface area contributed by atoms with Crippen molar-refractivity contribution >= 4 is 5.91 Å². The number of amides is 1. The Morgan fingerprint density at radius 1 is 1.10 bits per heavy atom. The van der Waals surface area contributed by atoms with Gasteiger partial charge in [0.05, 0.1) is 17.8 Å². The quantitative estimate of drug-likeness (QED) is 0.559. The summed E-state index contributed by atoms with van der Waals surface area (Å²) >= 11 is 0. The predicted molar refractivity (Wildman–Crippen MR) is 116 cm³/mol. The van der Waals surface area contributed by atoms with Crippen LogP contribution in [-0.2, 0) is 4.79 Å². The summed E-state index contributed by atoms with van der Waals surface area (Å²) in [5.74, 6) is 1.54. The highest BCUT2D eigenvalue weighted by molar-refractivity contribution is 5.73. The Balaban J connectivity index is 1.65. The highest BCUT2D eigenvalue weighted by Crippen LogP contribution is 2.70. The van der Waals surface area contributed by atoms with Crippen LogP contribution in [0.3, 0.4) is 0 Å². The van der Waals surface area contributed by atoms with Crippen LogP contribution in [0.2, 0.25) is 0 Å². The van der Waals surface area contributed by atoms with Gasteiger partial charge in [0.2, 0.25) is 5.91 Å². The monoisotopic (exact) mass is 421 g/mol. The summed E-state index contributed by atoms with van der Waals surface area (Å²) in [5, 5.41) is 33.6. The molecule has 0 aromatic heterocycles. The number of hydrogen-bond acceptors (Lipinski definition) is 4. The van der Waals surface area contributed by atoms with Crippen molar-refractivity contribution in [1.29, 1.82) is 0 Å². The van der Waals surface area contributed by atoms with Crippen LogP contribution in [0.25, 0.3) is 0 Å². The van der Waals surface area contributed by atoms with Crippen LogP contribution >= 0.6 is 0 Å². The Labute approximate surface area is 181 Å². The van der Waals surface area contributed by atoms with Gasteiger partial charge in [-0.15, -0.1) is 0 Å². The summed E-state index contributed by atoms with van der Waals surface area (Å²) < 4.78 is 0. The van der Waals surface area contributed by atoms with Crippen molar-refractivity contribution < 1.29 is 20.1 Å². The van der Waals surface area contributed by atoms with E-state index in [1.165, 1.54) is 0 Å². The minimum Gasteiger partial charge on any atom is -0.393 e. The molecule has 5 N–H and O–H groups in total. The normalized spacial score (nSPS) is 54.0. The number of carbonyl (C=O) groups excluding carboxylic acids is 1. The van der Waals surface area contributed by atoms with Crippen molar-refractivity contribution in [3.05, 3.63) is 0 Å². The second-order valence-electron chi connectivity index (χ2n) is 12.2. The number of rotatable bonds is 4. The lowest BCUT2D eigenvalue weighted by Gasteiger charge is -2.66. The molecule has 2 unspecified atom stereocenters. The molecule has 4 aliphatic rings.